The van der Waals surface area contributed by atoms with Crippen molar-refractivity contribution >= 4 is 93.5 Å². The molecule has 0 aliphatic carbocycles. The molecule has 3 aromatic carbocycles. The Morgan fingerprint density at radius 2 is 1.02 bits per heavy atom. The second-order valence-electron chi connectivity index (χ2n) is 10.8. The zero-order chi connectivity index (χ0) is 40.8. The zero-order valence-corrected chi connectivity index (χ0v) is 34.8. The number of para-hydroxylation sites is 2. The van der Waals surface area contributed by atoms with Gasteiger partial charge in [0.05, 0.1) is 22.8 Å². The number of aromatic nitrogens is 3. The van der Waals surface area contributed by atoms with E-state index in [1.54, 1.807) is 41.8 Å². The van der Waals surface area contributed by atoms with Crippen LogP contribution in [0.4, 0.5) is 17.1 Å². The second kappa shape index (κ2) is 25.0. The number of hydrogen-bond donors (Lipinski definition) is 0. The van der Waals surface area contributed by atoms with E-state index in [2.05, 4.69) is 112 Å². The van der Waals surface area contributed by atoms with Gasteiger partial charge >= 0.3 is 19.5 Å². The molecule has 0 aliphatic rings. The molecule has 4 aromatic heterocycles. The van der Waals surface area contributed by atoms with Crippen LogP contribution >= 0.6 is 48.0 Å². The first-order chi connectivity index (χ1) is 27.9. The number of hydrogen-bond acceptors (Lipinski definition) is 12. The van der Waals surface area contributed by atoms with Gasteiger partial charge in [0.25, 0.3) is 12.9 Å². The maximum atomic E-state index is 11.1. The average molecular weight is 922 g/mol. The van der Waals surface area contributed by atoms with Crippen LogP contribution in [0.25, 0.3) is 59.9 Å². The summed E-state index contributed by atoms with van der Waals surface area (Å²) in [7, 11) is 0. The van der Waals surface area contributed by atoms with Gasteiger partial charge in [-0.3, -0.25) is 19.6 Å². The minimum atomic E-state index is 0. The molecule has 0 unspecified atom stereocenters. The third-order valence-electron chi connectivity index (χ3n) is 7.52. The van der Waals surface area contributed by atoms with Gasteiger partial charge in [-0.15, -0.1) is 11.3 Å². The minimum Gasteiger partial charge on any atom is -0.753 e. The Morgan fingerprint density at radius 1 is 0.552 bits per heavy atom. The number of benzene rings is 3. The van der Waals surface area contributed by atoms with Crippen LogP contribution in [0.1, 0.15) is 0 Å². The van der Waals surface area contributed by atoms with Gasteiger partial charge in [0.1, 0.15) is 11.5 Å². The Labute approximate surface area is 366 Å². The molecule has 7 aromatic rings. The number of carbonyl (C=O) groups excluding carboxylic acids is 2. The minimum absolute atomic E-state index is 0. The van der Waals surface area contributed by atoms with Crippen LogP contribution in [-0.2, 0) is 29.1 Å². The molecule has 285 valence electrons. The quantitative estimate of drug-likeness (QED) is 0.0525. The standard InChI is InChI=1S/C39H26N4O4S.3CNS.Ru/c44-25-46-32-19-20-40-35(21-32)37-23-33(47-26-45)22-36(42-37)34-16-13-28(24-41-34)39-18-17-38(48-39)27-11-14-31(15-12-27)43(29-7-3-1-4-8-29)30-9-5-2-6-10-30;3*2-1-3;/h1-26H;;;;/q;3*-1;+3. The van der Waals surface area contributed by atoms with E-state index in [0.717, 1.165) is 37.9 Å². The number of pyridine rings is 3. The van der Waals surface area contributed by atoms with E-state index in [-0.39, 0.29) is 25.2 Å². The molecule has 16 heteroatoms. The van der Waals surface area contributed by atoms with E-state index >= 15 is 0 Å². The molecule has 11 nitrogen and oxygen atoms in total. The summed E-state index contributed by atoms with van der Waals surface area (Å²) in [4.78, 5) is 40.1. The first kappa shape index (κ1) is 46.0. The molecule has 0 fully saturated rings. The van der Waals surface area contributed by atoms with Gasteiger partial charge in [0, 0.05) is 63.0 Å². The van der Waals surface area contributed by atoms with Gasteiger partial charge in [-0.05, 0) is 72.3 Å². The molecule has 0 aliphatic heterocycles. The Morgan fingerprint density at radius 3 is 1.53 bits per heavy atom. The second-order valence-corrected chi connectivity index (χ2v) is 12.4. The summed E-state index contributed by atoms with van der Waals surface area (Å²) in [5.74, 6) is 0.596. The van der Waals surface area contributed by atoms with Crippen molar-refractivity contribution < 1.29 is 38.5 Å². The van der Waals surface area contributed by atoms with Gasteiger partial charge in [-0.2, -0.15) is 15.5 Å². The number of carbonyl (C=O) groups is 2. The number of ether oxygens (including phenoxy) is 2. The van der Waals surface area contributed by atoms with Gasteiger partial charge in [0.2, 0.25) is 0 Å². The summed E-state index contributed by atoms with van der Waals surface area (Å²) in [6.45, 7) is 0.692. The first-order valence-electron chi connectivity index (χ1n) is 16.2. The maximum Gasteiger partial charge on any atom is 3.00 e. The van der Waals surface area contributed by atoms with E-state index in [4.69, 9.17) is 30.7 Å². The van der Waals surface area contributed by atoms with Crippen LogP contribution in [-0.4, -0.2) is 43.4 Å². The number of isothiocyanates is 3. The van der Waals surface area contributed by atoms with Crippen molar-refractivity contribution in [2.24, 2.45) is 0 Å². The number of thiocarbonyl (C=S) groups is 3. The molecule has 0 saturated heterocycles. The van der Waals surface area contributed by atoms with E-state index < -0.39 is 0 Å². The summed E-state index contributed by atoms with van der Waals surface area (Å²) < 4.78 is 10.1. The van der Waals surface area contributed by atoms with Crippen LogP contribution in [0.2, 0.25) is 0 Å². The normalized spacial score (nSPS) is 9.24. The third-order valence-corrected chi connectivity index (χ3v) is 8.70. The summed E-state index contributed by atoms with van der Waals surface area (Å²) in [5.41, 5.74) is 7.30. The Hall–Kier alpha value is -6.43. The number of rotatable bonds is 11. The molecule has 0 N–H and O–H groups in total. The monoisotopic (exact) mass is 922 g/mol. The average Bonchev–Trinajstić information content (AvgIpc) is 3.74. The Balaban J connectivity index is 0.000000826. The largest absolute Gasteiger partial charge is 3.00 e. The molecule has 0 amide bonds. The summed E-state index contributed by atoms with van der Waals surface area (Å²) in [5, 5.41) is 25.4. The molecule has 1 radical (unpaired) electrons. The topological polar surface area (TPSA) is 161 Å². The van der Waals surface area contributed by atoms with Crippen LogP contribution < -0.4 is 14.4 Å². The number of thiophene rings is 1. The van der Waals surface area contributed by atoms with Gasteiger partial charge in [0.15, 0.2) is 0 Å². The van der Waals surface area contributed by atoms with E-state index in [0.29, 0.717) is 41.5 Å². The summed E-state index contributed by atoms with van der Waals surface area (Å²) in [6.07, 6.45) is 3.31. The fraction of sp³-hybridized carbons (Fsp3) is 0. The van der Waals surface area contributed by atoms with Crippen LogP contribution in [0.5, 0.6) is 11.5 Å². The van der Waals surface area contributed by atoms with Crippen molar-refractivity contribution in [3.63, 3.8) is 0 Å². The molecule has 7 rings (SSSR count). The van der Waals surface area contributed by atoms with Gasteiger partial charge in [-0.1, -0.05) is 85.2 Å². The van der Waals surface area contributed by atoms with E-state index in [9.17, 15) is 9.59 Å². The van der Waals surface area contributed by atoms with Crippen molar-refractivity contribution in [3.8, 4) is 55.2 Å². The predicted molar refractivity (Wildman–Crippen MR) is 235 cm³/mol. The van der Waals surface area contributed by atoms with Crippen molar-refractivity contribution in [3.05, 3.63) is 162 Å². The molecule has 4 heterocycles. The van der Waals surface area contributed by atoms with Gasteiger partial charge < -0.3 is 30.6 Å². The number of nitrogens with zero attached hydrogens (tertiary/aromatic N) is 7. The molecule has 0 spiro atoms. The summed E-state index contributed by atoms with van der Waals surface area (Å²) >= 11 is 12.8. The molecule has 58 heavy (non-hydrogen) atoms. The van der Waals surface area contributed by atoms with Crippen molar-refractivity contribution in [2.45, 2.75) is 0 Å². The molecule has 0 saturated carbocycles. The van der Waals surface area contributed by atoms with Crippen LogP contribution in [0, 0.1) is 0 Å². The smallest absolute Gasteiger partial charge is 0.753 e. The molecule has 0 atom stereocenters. The van der Waals surface area contributed by atoms with Crippen molar-refractivity contribution in [1.82, 2.24) is 15.0 Å². The SMILES string of the molecule is O=COc1ccnc(-c2cc(OC=O)cc(-c3ccc(-c4ccc(-c5ccc(N(c6ccccc6)c6ccccc6)cc5)s4)cn3)n2)c1.[N-]=C=S.[N-]=C=S.[N-]=C=S.[Ru+3]. The van der Waals surface area contributed by atoms with Crippen LogP contribution in [0.15, 0.2) is 146 Å². The fourth-order valence-corrected chi connectivity index (χ4v) is 6.29. The molecular formula is C42H26N7O4RuS4. The summed E-state index contributed by atoms with van der Waals surface area (Å²) in [6, 6.07) is 43.7. The third kappa shape index (κ3) is 13.1. The van der Waals surface area contributed by atoms with E-state index in [1.807, 2.05) is 48.5 Å². The Bertz CT molecular complexity index is 2420. The molecule has 0 bridgehead atoms. The van der Waals surface area contributed by atoms with Gasteiger partial charge in [-0.25, -0.2) is 4.98 Å². The predicted octanol–water partition coefficient (Wildman–Crippen LogP) is 11.1. The van der Waals surface area contributed by atoms with Crippen molar-refractivity contribution in [2.75, 3.05) is 4.90 Å². The zero-order valence-electron chi connectivity index (χ0n) is 29.8. The van der Waals surface area contributed by atoms with E-state index in [1.165, 1.54) is 21.7 Å². The fourth-order valence-electron chi connectivity index (χ4n) is 5.29. The van der Waals surface area contributed by atoms with Crippen LogP contribution in [0.3, 0.4) is 0 Å². The first-order valence-corrected chi connectivity index (χ1v) is 18.3. The van der Waals surface area contributed by atoms with Crippen molar-refractivity contribution in [1.29, 1.82) is 0 Å². The number of anilines is 3. The Kier molecular flexibility index (Phi) is 19.8. The molecular weight excluding hydrogens is 896 g/mol. The maximum absolute atomic E-state index is 11.1.